The van der Waals surface area contributed by atoms with Gasteiger partial charge >= 0.3 is 5.97 Å². The van der Waals surface area contributed by atoms with E-state index in [1.165, 1.54) is 17.0 Å². The van der Waals surface area contributed by atoms with E-state index in [2.05, 4.69) is 17.2 Å². The van der Waals surface area contributed by atoms with Crippen molar-refractivity contribution in [1.82, 2.24) is 4.98 Å². The summed E-state index contributed by atoms with van der Waals surface area (Å²) in [6.45, 7) is 4.09. The van der Waals surface area contributed by atoms with E-state index >= 15 is 0 Å². The molecule has 0 amide bonds. The molecule has 106 valence electrons. The SMILES string of the molecule is CCc1cnc(C(C)Nc2ccc(C(=O)O)cc2Cl)s1. The number of nitrogens with zero attached hydrogens (tertiary/aromatic N) is 1. The van der Waals surface area contributed by atoms with E-state index in [-0.39, 0.29) is 11.6 Å². The predicted octanol–water partition coefficient (Wildman–Crippen LogP) is 4.23. The van der Waals surface area contributed by atoms with Gasteiger partial charge in [-0.3, -0.25) is 0 Å². The number of rotatable bonds is 5. The standard InChI is InChI=1S/C14H15ClN2O2S/c1-3-10-7-16-13(20-10)8(2)17-12-5-4-9(14(18)19)6-11(12)15/h4-8,17H,3H2,1-2H3,(H,18,19). The van der Waals surface area contributed by atoms with Gasteiger partial charge in [0, 0.05) is 11.1 Å². The van der Waals surface area contributed by atoms with E-state index in [4.69, 9.17) is 16.7 Å². The zero-order chi connectivity index (χ0) is 14.7. The number of carbonyl (C=O) groups is 1. The van der Waals surface area contributed by atoms with Crippen molar-refractivity contribution in [3.05, 3.63) is 44.9 Å². The number of hydrogen-bond acceptors (Lipinski definition) is 4. The van der Waals surface area contributed by atoms with E-state index in [0.717, 1.165) is 11.4 Å². The van der Waals surface area contributed by atoms with Crippen LogP contribution in [-0.2, 0) is 6.42 Å². The number of anilines is 1. The molecule has 0 aliphatic heterocycles. The number of carboxylic acid groups (broad SMARTS) is 1. The fourth-order valence-electron chi connectivity index (χ4n) is 1.75. The van der Waals surface area contributed by atoms with Crippen LogP contribution in [0.25, 0.3) is 0 Å². The maximum atomic E-state index is 10.9. The molecule has 0 radical (unpaired) electrons. The third-order valence-electron chi connectivity index (χ3n) is 2.88. The average molecular weight is 311 g/mol. The minimum atomic E-state index is -0.987. The molecule has 0 spiro atoms. The first-order valence-electron chi connectivity index (χ1n) is 6.25. The summed E-state index contributed by atoms with van der Waals surface area (Å²) < 4.78 is 0. The van der Waals surface area contributed by atoms with Crippen LogP contribution in [0.3, 0.4) is 0 Å². The fraction of sp³-hybridized carbons (Fsp3) is 0.286. The molecule has 1 atom stereocenters. The summed E-state index contributed by atoms with van der Waals surface area (Å²) >= 11 is 7.76. The van der Waals surface area contributed by atoms with Gasteiger partial charge in [-0.1, -0.05) is 18.5 Å². The smallest absolute Gasteiger partial charge is 0.335 e. The number of hydrogen-bond donors (Lipinski definition) is 2. The molecule has 0 fully saturated rings. The molecule has 0 aliphatic carbocycles. The van der Waals surface area contributed by atoms with Crippen molar-refractivity contribution in [3.63, 3.8) is 0 Å². The summed E-state index contributed by atoms with van der Waals surface area (Å²) in [4.78, 5) is 16.5. The van der Waals surface area contributed by atoms with Crippen LogP contribution in [0.4, 0.5) is 5.69 Å². The molecule has 2 aromatic rings. The Labute approximate surface area is 126 Å². The first kappa shape index (κ1) is 14.8. The van der Waals surface area contributed by atoms with Crippen LogP contribution in [0, 0.1) is 0 Å². The summed E-state index contributed by atoms with van der Waals surface area (Å²) in [6.07, 6.45) is 2.85. The summed E-state index contributed by atoms with van der Waals surface area (Å²) in [5.74, 6) is -0.987. The maximum Gasteiger partial charge on any atom is 0.335 e. The predicted molar refractivity (Wildman–Crippen MR) is 81.9 cm³/mol. The minimum Gasteiger partial charge on any atom is -0.478 e. The monoisotopic (exact) mass is 310 g/mol. The lowest BCUT2D eigenvalue weighted by Gasteiger charge is -2.14. The molecule has 0 saturated carbocycles. The molecule has 0 bridgehead atoms. The summed E-state index contributed by atoms with van der Waals surface area (Å²) in [5.41, 5.74) is 0.883. The van der Waals surface area contributed by atoms with Crippen molar-refractivity contribution < 1.29 is 9.90 Å². The second kappa shape index (κ2) is 6.24. The lowest BCUT2D eigenvalue weighted by molar-refractivity contribution is 0.0697. The van der Waals surface area contributed by atoms with Gasteiger partial charge in [-0.2, -0.15) is 0 Å². The summed E-state index contributed by atoms with van der Waals surface area (Å²) in [7, 11) is 0. The van der Waals surface area contributed by atoms with E-state index in [1.807, 2.05) is 13.1 Å². The van der Waals surface area contributed by atoms with Gasteiger partial charge in [-0.15, -0.1) is 11.3 Å². The molecule has 1 unspecified atom stereocenters. The van der Waals surface area contributed by atoms with Crippen LogP contribution in [0.15, 0.2) is 24.4 Å². The molecule has 2 rings (SSSR count). The second-order valence-corrected chi connectivity index (χ2v) is 5.94. The topological polar surface area (TPSA) is 62.2 Å². The fourth-order valence-corrected chi connectivity index (χ4v) is 2.84. The first-order valence-corrected chi connectivity index (χ1v) is 7.44. The van der Waals surface area contributed by atoms with Crippen LogP contribution in [-0.4, -0.2) is 16.1 Å². The molecule has 20 heavy (non-hydrogen) atoms. The van der Waals surface area contributed by atoms with Crippen molar-refractivity contribution in [3.8, 4) is 0 Å². The van der Waals surface area contributed by atoms with Gasteiger partial charge in [-0.05, 0) is 31.5 Å². The van der Waals surface area contributed by atoms with Crippen LogP contribution in [0.1, 0.15) is 40.1 Å². The van der Waals surface area contributed by atoms with Crippen LogP contribution in [0.2, 0.25) is 5.02 Å². The summed E-state index contributed by atoms with van der Waals surface area (Å²) in [5, 5.41) is 13.5. The number of halogens is 1. The van der Waals surface area contributed by atoms with Gasteiger partial charge in [-0.25, -0.2) is 9.78 Å². The van der Waals surface area contributed by atoms with Gasteiger partial charge in [0.05, 0.1) is 22.3 Å². The lowest BCUT2D eigenvalue weighted by Crippen LogP contribution is -2.07. The van der Waals surface area contributed by atoms with Crippen LogP contribution < -0.4 is 5.32 Å². The Morgan fingerprint density at radius 2 is 2.30 bits per heavy atom. The second-order valence-electron chi connectivity index (χ2n) is 4.38. The molecule has 2 N–H and O–H groups in total. The van der Waals surface area contributed by atoms with Gasteiger partial charge in [0.25, 0.3) is 0 Å². The highest BCUT2D eigenvalue weighted by Gasteiger charge is 2.13. The van der Waals surface area contributed by atoms with Crippen molar-refractivity contribution >= 4 is 34.6 Å². The number of aromatic carboxylic acids is 1. The number of thiazole rings is 1. The Morgan fingerprint density at radius 3 is 2.85 bits per heavy atom. The van der Waals surface area contributed by atoms with Crippen LogP contribution in [0.5, 0.6) is 0 Å². The average Bonchev–Trinajstić information content (AvgIpc) is 2.89. The number of aromatic nitrogens is 1. The number of benzene rings is 1. The van der Waals surface area contributed by atoms with E-state index < -0.39 is 5.97 Å². The Hall–Kier alpha value is -1.59. The molecule has 1 aromatic carbocycles. The van der Waals surface area contributed by atoms with Gasteiger partial charge in [0.1, 0.15) is 5.01 Å². The van der Waals surface area contributed by atoms with Gasteiger partial charge < -0.3 is 10.4 Å². The third kappa shape index (κ3) is 3.29. The Bertz CT molecular complexity index is 627. The Morgan fingerprint density at radius 1 is 1.55 bits per heavy atom. The Balaban J connectivity index is 2.15. The molecule has 0 aliphatic rings. The Kier molecular flexibility index (Phi) is 4.62. The number of aryl methyl sites for hydroxylation is 1. The van der Waals surface area contributed by atoms with Crippen molar-refractivity contribution in [1.29, 1.82) is 0 Å². The van der Waals surface area contributed by atoms with Gasteiger partial charge in [0.15, 0.2) is 0 Å². The molecule has 4 nitrogen and oxygen atoms in total. The zero-order valence-electron chi connectivity index (χ0n) is 11.2. The van der Waals surface area contributed by atoms with Gasteiger partial charge in [0.2, 0.25) is 0 Å². The highest BCUT2D eigenvalue weighted by molar-refractivity contribution is 7.11. The lowest BCUT2D eigenvalue weighted by atomic mass is 10.2. The van der Waals surface area contributed by atoms with Crippen LogP contribution >= 0.6 is 22.9 Å². The molecule has 1 heterocycles. The molecular formula is C14H15ClN2O2S. The highest BCUT2D eigenvalue weighted by atomic mass is 35.5. The van der Waals surface area contributed by atoms with Crippen molar-refractivity contribution in [2.45, 2.75) is 26.3 Å². The number of nitrogens with one attached hydrogen (secondary N) is 1. The van der Waals surface area contributed by atoms with E-state index in [0.29, 0.717) is 10.7 Å². The molecule has 0 saturated heterocycles. The normalized spacial score (nSPS) is 12.2. The minimum absolute atomic E-state index is 0.0217. The number of carboxylic acids is 1. The zero-order valence-corrected chi connectivity index (χ0v) is 12.8. The van der Waals surface area contributed by atoms with E-state index in [9.17, 15) is 4.79 Å². The maximum absolute atomic E-state index is 10.9. The molecular weight excluding hydrogens is 296 g/mol. The third-order valence-corrected chi connectivity index (χ3v) is 4.52. The van der Waals surface area contributed by atoms with E-state index in [1.54, 1.807) is 17.4 Å². The first-order chi connectivity index (χ1) is 9.51. The summed E-state index contributed by atoms with van der Waals surface area (Å²) in [6, 6.07) is 4.67. The quantitative estimate of drug-likeness (QED) is 0.867. The van der Waals surface area contributed by atoms with Crippen molar-refractivity contribution in [2.24, 2.45) is 0 Å². The largest absolute Gasteiger partial charge is 0.478 e. The highest BCUT2D eigenvalue weighted by Crippen LogP contribution is 2.29. The molecule has 6 heteroatoms. The van der Waals surface area contributed by atoms with Crippen molar-refractivity contribution in [2.75, 3.05) is 5.32 Å². The molecule has 1 aromatic heterocycles.